The first kappa shape index (κ1) is 33.6. The van der Waals surface area contributed by atoms with E-state index in [1.807, 2.05) is 25.2 Å². The lowest BCUT2D eigenvalue weighted by atomic mass is 10.2. The van der Waals surface area contributed by atoms with Gasteiger partial charge < -0.3 is 15.5 Å². The number of likely N-dealkylation sites (N-methyl/N-ethyl adjacent to an activating group) is 1. The van der Waals surface area contributed by atoms with Crippen LogP contribution in [0.2, 0.25) is 0 Å². The van der Waals surface area contributed by atoms with Gasteiger partial charge in [-0.15, -0.1) is 0 Å². The zero-order valence-electron chi connectivity index (χ0n) is 24.1. The van der Waals surface area contributed by atoms with E-state index in [0.717, 1.165) is 58.0 Å². The molecule has 0 fully saturated rings. The highest BCUT2D eigenvalue weighted by atomic mass is 16.2. The Morgan fingerprint density at radius 2 is 1.13 bits per heavy atom. The fourth-order valence-electron chi connectivity index (χ4n) is 3.49. The van der Waals surface area contributed by atoms with Gasteiger partial charge in [-0.25, -0.2) is 0 Å². The predicted molar refractivity (Wildman–Crippen MR) is 167 cm³/mol. The average Bonchev–Trinajstić information content (AvgIpc) is 2.94. The number of amides is 2. The lowest BCUT2D eigenvalue weighted by Gasteiger charge is -2.17. The monoisotopic (exact) mass is 531 g/mol. The summed E-state index contributed by atoms with van der Waals surface area (Å²) in [5.41, 5.74) is 0.666. The zero-order valence-corrected chi connectivity index (χ0v) is 24.1. The highest BCUT2D eigenvalue weighted by molar-refractivity contribution is 5.94. The molecule has 0 aromatic heterocycles. The van der Waals surface area contributed by atoms with Crippen LogP contribution in [0.15, 0.2) is 103 Å². The van der Waals surface area contributed by atoms with Crippen molar-refractivity contribution in [1.29, 1.82) is 0 Å². The van der Waals surface area contributed by atoms with Crippen LogP contribution in [0.25, 0.3) is 0 Å². The van der Waals surface area contributed by atoms with E-state index < -0.39 is 0 Å². The summed E-state index contributed by atoms with van der Waals surface area (Å²) in [5, 5.41) is 5.88. The molecule has 0 aliphatic heterocycles. The molecule has 39 heavy (non-hydrogen) atoms. The molecule has 5 heteroatoms. The standard InChI is InChI=1S/C34H49N3O2/c1-3-4-5-6-7-8-9-10-11-12-13-14-15-16-17-18-19-20-24-27-33(38)35-28-30-37(2)31-29-36-34(39)32-25-22-21-23-26-32/h4-5,7-8,10-11,13-14,16-17,19-23,25-26H,3,6,9,12,15,18,24,27-31H2,1-2H3,(H,35,38)(H,36,39)/b5-4-,8-7-,11-10-,14-13-,17-16-,20-19-. The molecule has 1 aromatic rings. The highest BCUT2D eigenvalue weighted by Crippen LogP contribution is 1.99. The number of benzene rings is 1. The van der Waals surface area contributed by atoms with Crippen LogP contribution in [0.5, 0.6) is 0 Å². The number of allylic oxidation sites excluding steroid dienone is 12. The highest BCUT2D eigenvalue weighted by Gasteiger charge is 2.05. The lowest BCUT2D eigenvalue weighted by Crippen LogP contribution is -2.37. The molecule has 2 N–H and O–H groups in total. The molecule has 0 bridgehead atoms. The summed E-state index contributed by atoms with van der Waals surface area (Å²) in [7, 11) is 1.98. The molecule has 0 saturated heterocycles. The van der Waals surface area contributed by atoms with Gasteiger partial charge in [0, 0.05) is 38.2 Å². The van der Waals surface area contributed by atoms with Crippen molar-refractivity contribution in [3.63, 3.8) is 0 Å². The van der Waals surface area contributed by atoms with E-state index >= 15 is 0 Å². The van der Waals surface area contributed by atoms with Crippen LogP contribution in [-0.4, -0.2) is 49.9 Å². The van der Waals surface area contributed by atoms with Crippen molar-refractivity contribution in [3.05, 3.63) is 109 Å². The number of nitrogens with one attached hydrogen (secondary N) is 2. The van der Waals surface area contributed by atoms with E-state index in [1.54, 1.807) is 12.1 Å². The van der Waals surface area contributed by atoms with Gasteiger partial charge in [-0.2, -0.15) is 0 Å². The molecule has 212 valence electrons. The number of carbonyl (C=O) groups is 2. The second-order valence-electron chi connectivity index (χ2n) is 9.23. The van der Waals surface area contributed by atoms with E-state index in [1.165, 1.54) is 0 Å². The first-order valence-corrected chi connectivity index (χ1v) is 14.3. The SMILES string of the molecule is CC/C=C\C/C=C\C/C=C\C/C=C\C/C=C\C/C=C\CCC(=O)NCCN(C)CCNC(=O)c1ccccc1. The summed E-state index contributed by atoms with van der Waals surface area (Å²) in [6, 6.07) is 9.20. The van der Waals surface area contributed by atoms with Gasteiger partial charge in [0.25, 0.3) is 5.91 Å². The van der Waals surface area contributed by atoms with Crippen molar-refractivity contribution >= 4 is 11.8 Å². The van der Waals surface area contributed by atoms with Crippen molar-refractivity contribution in [2.75, 3.05) is 33.2 Å². The van der Waals surface area contributed by atoms with Gasteiger partial charge in [-0.1, -0.05) is 98.0 Å². The summed E-state index contributed by atoms with van der Waals surface area (Å²) < 4.78 is 0. The first-order valence-electron chi connectivity index (χ1n) is 14.3. The topological polar surface area (TPSA) is 61.4 Å². The molecule has 5 nitrogen and oxygen atoms in total. The smallest absolute Gasteiger partial charge is 0.251 e. The van der Waals surface area contributed by atoms with Crippen LogP contribution >= 0.6 is 0 Å². The van der Waals surface area contributed by atoms with Crippen LogP contribution in [0.4, 0.5) is 0 Å². The Hall–Kier alpha value is -3.44. The number of hydrogen-bond acceptors (Lipinski definition) is 3. The van der Waals surface area contributed by atoms with Gasteiger partial charge in [0.15, 0.2) is 0 Å². The Morgan fingerprint density at radius 3 is 1.64 bits per heavy atom. The molecule has 0 radical (unpaired) electrons. The molecule has 2 amide bonds. The Balaban J connectivity index is 1.97. The van der Waals surface area contributed by atoms with E-state index in [4.69, 9.17) is 0 Å². The predicted octanol–water partition coefficient (Wildman–Crippen LogP) is 6.94. The summed E-state index contributed by atoms with van der Waals surface area (Å²) >= 11 is 0. The van der Waals surface area contributed by atoms with Gasteiger partial charge in [-0.3, -0.25) is 9.59 Å². The first-order chi connectivity index (χ1) is 19.1. The third-order valence-electron chi connectivity index (χ3n) is 5.77. The van der Waals surface area contributed by atoms with Crippen LogP contribution in [-0.2, 0) is 4.79 Å². The Labute approximate surface area is 237 Å². The van der Waals surface area contributed by atoms with E-state index in [2.05, 4.69) is 95.4 Å². The van der Waals surface area contributed by atoms with Gasteiger partial charge >= 0.3 is 0 Å². The number of hydrogen-bond donors (Lipinski definition) is 2. The largest absolute Gasteiger partial charge is 0.355 e. The van der Waals surface area contributed by atoms with Crippen molar-refractivity contribution in [2.45, 2.75) is 58.3 Å². The van der Waals surface area contributed by atoms with Crippen molar-refractivity contribution in [2.24, 2.45) is 0 Å². The normalized spacial score (nSPS) is 12.4. The molecule has 0 aliphatic carbocycles. The molecular formula is C34H49N3O2. The second-order valence-corrected chi connectivity index (χ2v) is 9.23. The summed E-state index contributed by atoms with van der Waals surface area (Å²) in [4.78, 5) is 26.1. The molecule has 0 unspecified atom stereocenters. The van der Waals surface area contributed by atoms with Crippen LogP contribution in [0.3, 0.4) is 0 Å². The van der Waals surface area contributed by atoms with E-state index in [9.17, 15) is 9.59 Å². The number of nitrogens with zero attached hydrogens (tertiary/aromatic N) is 1. The third kappa shape index (κ3) is 21.2. The van der Waals surface area contributed by atoms with Gasteiger partial charge in [0.05, 0.1) is 0 Å². The maximum atomic E-state index is 12.0. The summed E-state index contributed by atoms with van der Waals surface area (Å²) in [6.45, 7) is 4.80. The van der Waals surface area contributed by atoms with Crippen molar-refractivity contribution in [1.82, 2.24) is 15.5 Å². The molecule has 0 aliphatic rings. The average molecular weight is 532 g/mol. The summed E-state index contributed by atoms with van der Waals surface area (Å²) in [6.07, 6.45) is 33.3. The third-order valence-corrected chi connectivity index (χ3v) is 5.77. The van der Waals surface area contributed by atoms with Crippen molar-refractivity contribution in [3.8, 4) is 0 Å². The van der Waals surface area contributed by atoms with E-state index in [-0.39, 0.29) is 11.8 Å². The minimum atomic E-state index is -0.0632. The molecule has 0 saturated carbocycles. The molecule has 0 spiro atoms. The Kier molecular flexibility index (Phi) is 21.4. The van der Waals surface area contributed by atoms with Crippen LogP contribution < -0.4 is 10.6 Å². The number of carbonyl (C=O) groups excluding carboxylic acids is 2. The maximum absolute atomic E-state index is 12.0. The summed E-state index contributed by atoms with van der Waals surface area (Å²) in [5.74, 6) is 0.00649. The number of rotatable bonds is 21. The van der Waals surface area contributed by atoms with E-state index in [0.29, 0.717) is 25.1 Å². The molecule has 1 aromatic carbocycles. The fourth-order valence-corrected chi connectivity index (χ4v) is 3.49. The molecule has 0 atom stereocenters. The minimum absolute atomic E-state index is 0.0632. The molecule has 0 heterocycles. The second kappa shape index (κ2) is 24.9. The molecule has 1 rings (SSSR count). The maximum Gasteiger partial charge on any atom is 0.251 e. The Bertz CT molecular complexity index is 942. The van der Waals surface area contributed by atoms with Gasteiger partial charge in [0.1, 0.15) is 0 Å². The minimum Gasteiger partial charge on any atom is -0.355 e. The zero-order chi connectivity index (χ0) is 28.2. The van der Waals surface area contributed by atoms with Crippen molar-refractivity contribution < 1.29 is 9.59 Å². The molecular weight excluding hydrogens is 482 g/mol. The lowest BCUT2D eigenvalue weighted by molar-refractivity contribution is -0.121. The van der Waals surface area contributed by atoms with Crippen LogP contribution in [0.1, 0.15) is 68.6 Å². The quantitative estimate of drug-likeness (QED) is 0.169. The van der Waals surface area contributed by atoms with Gasteiger partial charge in [-0.05, 0) is 64.1 Å². The van der Waals surface area contributed by atoms with Gasteiger partial charge in [0.2, 0.25) is 5.91 Å². The van der Waals surface area contributed by atoms with Crippen LogP contribution in [0, 0.1) is 0 Å². The fraction of sp³-hybridized carbons (Fsp3) is 0.412. The Morgan fingerprint density at radius 1 is 0.667 bits per heavy atom.